The first kappa shape index (κ1) is 25.2. The first-order valence-electron chi connectivity index (χ1n) is 9.70. The third-order valence-corrected chi connectivity index (χ3v) is 3.32. The minimum absolute atomic E-state index is 0.0487. The Labute approximate surface area is 178 Å². The van der Waals surface area contributed by atoms with E-state index in [1.165, 1.54) is 4.90 Å². The number of aliphatic imine (C=N–C) groups is 1. The van der Waals surface area contributed by atoms with Gasteiger partial charge in [0.1, 0.15) is 17.0 Å². The van der Waals surface area contributed by atoms with Gasteiger partial charge in [0.15, 0.2) is 0 Å². The Balaban J connectivity index is 3.04. The fourth-order valence-corrected chi connectivity index (χ4v) is 2.10. The van der Waals surface area contributed by atoms with E-state index < -0.39 is 23.4 Å². The zero-order chi connectivity index (χ0) is 22.9. The van der Waals surface area contributed by atoms with Crippen molar-refractivity contribution in [2.24, 2.45) is 4.99 Å². The van der Waals surface area contributed by atoms with Crippen molar-refractivity contribution < 1.29 is 28.9 Å². The van der Waals surface area contributed by atoms with Gasteiger partial charge in [0, 0.05) is 25.8 Å². The van der Waals surface area contributed by atoms with E-state index in [9.17, 15) is 9.59 Å². The average Bonchev–Trinajstić information content (AvgIpc) is 2.58. The molecule has 0 aliphatic carbocycles. The summed E-state index contributed by atoms with van der Waals surface area (Å²) in [7, 11) is 1.64. The average molecular weight is 424 g/mol. The van der Waals surface area contributed by atoms with Gasteiger partial charge < -0.3 is 24.2 Å². The quantitative estimate of drug-likeness (QED) is 0.422. The van der Waals surface area contributed by atoms with Gasteiger partial charge in [-0.3, -0.25) is 5.32 Å². The van der Waals surface area contributed by atoms with Gasteiger partial charge in [-0.25, -0.2) is 9.59 Å². The highest BCUT2D eigenvalue weighted by Gasteiger charge is 2.22. The lowest BCUT2D eigenvalue weighted by Crippen LogP contribution is -2.45. The molecule has 0 unspecified atom stereocenters. The Kier molecular flexibility index (Phi) is 9.10. The summed E-state index contributed by atoms with van der Waals surface area (Å²) < 4.78 is 16.0. The summed E-state index contributed by atoms with van der Waals surface area (Å²) in [4.78, 5) is 29.9. The molecule has 1 rings (SSSR count). The molecule has 0 atom stereocenters. The molecule has 1 aromatic rings. The number of rotatable bonds is 5. The minimum Gasteiger partial charge on any atom is -0.494 e. The van der Waals surface area contributed by atoms with Crippen LogP contribution in [0.15, 0.2) is 29.3 Å². The lowest BCUT2D eigenvalue weighted by molar-refractivity contribution is 0.0561. The van der Waals surface area contributed by atoms with Crippen LogP contribution in [-0.4, -0.2) is 54.7 Å². The van der Waals surface area contributed by atoms with E-state index in [0.29, 0.717) is 24.5 Å². The number of hydrogen-bond acceptors (Lipinski definition) is 6. The molecule has 2 amide bonds. The van der Waals surface area contributed by atoms with Crippen LogP contribution < -0.4 is 15.0 Å². The van der Waals surface area contributed by atoms with Gasteiger partial charge in [0.2, 0.25) is 5.96 Å². The Hall–Kier alpha value is -2.81. The monoisotopic (exact) mass is 423 g/mol. The van der Waals surface area contributed by atoms with E-state index >= 15 is 0 Å². The van der Waals surface area contributed by atoms with Crippen LogP contribution in [0.2, 0.25) is 0 Å². The van der Waals surface area contributed by atoms with Gasteiger partial charge in [0.05, 0.1) is 6.61 Å². The third kappa shape index (κ3) is 10.1. The summed E-state index contributed by atoms with van der Waals surface area (Å²) in [6.45, 7) is 10.8. The maximum absolute atomic E-state index is 12.2. The summed E-state index contributed by atoms with van der Waals surface area (Å²) in [5.41, 5.74) is -0.806. The molecule has 0 aromatic heterocycles. The van der Waals surface area contributed by atoms with Crippen molar-refractivity contribution in [1.82, 2.24) is 5.32 Å². The van der Waals surface area contributed by atoms with Gasteiger partial charge in [-0.2, -0.15) is 0 Å². The number of nitrogens with zero attached hydrogens (tertiary/aromatic N) is 2. The highest BCUT2D eigenvalue weighted by Crippen LogP contribution is 2.19. The van der Waals surface area contributed by atoms with Crippen LogP contribution in [0.4, 0.5) is 15.3 Å². The lowest BCUT2D eigenvalue weighted by atomic mass is 10.2. The molecule has 168 valence electrons. The van der Waals surface area contributed by atoms with E-state index in [0.717, 1.165) is 0 Å². The highest BCUT2D eigenvalue weighted by atomic mass is 16.6. The SMILES string of the molecule is CN(C(=NC(=O)OC(C)(C)C)NC(=O)OC(C)(C)C)c1ccc(OCCCO)cc1. The topological polar surface area (TPSA) is 110 Å². The van der Waals surface area contributed by atoms with E-state index in [1.807, 2.05) is 0 Å². The van der Waals surface area contributed by atoms with Crippen LogP contribution in [0.1, 0.15) is 48.0 Å². The third-order valence-electron chi connectivity index (χ3n) is 3.32. The van der Waals surface area contributed by atoms with Crippen molar-refractivity contribution in [3.63, 3.8) is 0 Å². The fraction of sp³-hybridized carbons (Fsp3) is 0.571. The number of carbonyl (C=O) groups is 2. The van der Waals surface area contributed by atoms with E-state index in [-0.39, 0.29) is 12.6 Å². The van der Waals surface area contributed by atoms with Crippen molar-refractivity contribution in [3.05, 3.63) is 24.3 Å². The number of carbonyl (C=O) groups excluding carboxylic acids is 2. The van der Waals surface area contributed by atoms with E-state index in [2.05, 4.69) is 10.3 Å². The van der Waals surface area contributed by atoms with Crippen molar-refractivity contribution in [1.29, 1.82) is 0 Å². The molecule has 0 fully saturated rings. The summed E-state index contributed by atoms with van der Waals surface area (Å²) in [6.07, 6.45) is -1.06. The molecule has 1 aromatic carbocycles. The molecule has 0 saturated carbocycles. The molecule has 0 radical (unpaired) electrons. The number of hydrogen-bond donors (Lipinski definition) is 2. The molecule has 0 heterocycles. The maximum Gasteiger partial charge on any atom is 0.437 e. The van der Waals surface area contributed by atoms with Crippen LogP contribution in [0.3, 0.4) is 0 Å². The molecule has 0 aliphatic rings. The smallest absolute Gasteiger partial charge is 0.437 e. The minimum atomic E-state index is -0.843. The van der Waals surface area contributed by atoms with E-state index in [4.69, 9.17) is 19.3 Å². The largest absolute Gasteiger partial charge is 0.494 e. The number of aliphatic hydroxyl groups is 1. The second kappa shape index (κ2) is 10.8. The van der Waals surface area contributed by atoms with E-state index in [1.54, 1.807) is 72.9 Å². The first-order valence-corrected chi connectivity index (χ1v) is 9.70. The number of benzene rings is 1. The predicted octanol–water partition coefficient (Wildman–Crippen LogP) is 3.70. The molecule has 0 bridgehead atoms. The second-order valence-electron chi connectivity index (χ2n) is 8.52. The predicted molar refractivity (Wildman–Crippen MR) is 115 cm³/mol. The van der Waals surface area contributed by atoms with Gasteiger partial charge in [0.25, 0.3) is 0 Å². The zero-order valence-corrected chi connectivity index (χ0v) is 18.8. The summed E-state index contributed by atoms with van der Waals surface area (Å²) >= 11 is 0. The number of guanidine groups is 1. The molecular formula is C21H33N3O6. The van der Waals surface area contributed by atoms with Gasteiger partial charge in [-0.15, -0.1) is 4.99 Å². The van der Waals surface area contributed by atoms with Crippen LogP contribution in [0.5, 0.6) is 5.75 Å². The van der Waals surface area contributed by atoms with Gasteiger partial charge in [-0.1, -0.05) is 0 Å². The number of ether oxygens (including phenoxy) is 3. The van der Waals surface area contributed by atoms with Crippen molar-refractivity contribution in [3.8, 4) is 5.75 Å². The number of anilines is 1. The van der Waals surface area contributed by atoms with Gasteiger partial charge >= 0.3 is 12.2 Å². The van der Waals surface area contributed by atoms with Crippen LogP contribution >= 0.6 is 0 Å². The molecule has 30 heavy (non-hydrogen) atoms. The zero-order valence-electron chi connectivity index (χ0n) is 18.8. The Bertz CT molecular complexity index is 733. The number of amides is 2. The summed E-state index contributed by atoms with van der Waals surface area (Å²) in [6, 6.07) is 6.97. The Morgan fingerprint density at radius 1 is 1.03 bits per heavy atom. The molecule has 9 heteroatoms. The lowest BCUT2D eigenvalue weighted by Gasteiger charge is -2.25. The number of alkyl carbamates (subject to hydrolysis) is 1. The van der Waals surface area contributed by atoms with Crippen molar-refractivity contribution >= 4 is 23.8 Å². The Morgan fingerprint density at radius 3 is 2.10 bits per heavy atom. The van der Waals surface area contributed by atoms with Crippen molar-refractivity contribution in [2.75, 3.05) is 25.2 Å². The van der Waals surface area contributed by atoms with Crippen molar-refractivity contribution in [2.45, 2.75) is 59.2 Å². The molecule has 0 spiro atoms. The summed E-state index contributed by atoms with van der Waals surface area (Å²) in [5.74, 6) is 0.582. The Morgan fingerprint density at radius 2 is 1.60 bits per heavy atom. The molecule has 0 saturated heterocycles. The maximum atomic E-state index is 12.2. The van der Waals surface area contributed by atoms with Crippen LogP contribution in [0.25, 0.3) is 0 Å². The standard InChI is InChI=1S/C21H33N3O6/c1-20(2,3)29-18(26)22-17(23-19(27)30-21(4,5)6)24(7)15-9-11-16(12-10-15)28-14-8-13-25/h9-12,25H,8,13-14H2,1-7H3,(H,22,23,26,27). The molecular weight excluding hydrogens is 390 g/mol. The van der Waals surface area contributed by atoms with Crippen LogP contribution in [0, 0.1) is 0 Å². The fourth-order valence-electron chi connectivity index (χ4n) is 2.10. The van der Waals surface area contributed by atoms with Gasteiger partial charge in [-0.05, 0) is 65.8 Å². The molecule has 0 aliphatic heterocycles. The normalized spacial score (nSPS) is 12.2. The second-order valence-corrected chi connectivity index (χ2v) is 8.52. The number of aliphatic hydroxyl groups excluding tert-OH is 1. The first-order chi connectivity index (χ1) is 13.8. The number of nitrogens with one attached hydrogen (secondary N) is 1. The highest BCUT2D eigenvalue weighted by molar-refractivity contribution is 6.07. The molecule has 2 N–H and O–H groups in total. The van der Waals surface area contributed by atoms with Crippen LogP contribution in [-0.2, 0) is 9.47 Å². The summed E-state index contributed by atoms with van der Waals surface area (Å²) in [5, 5.41) is 11.3. The molecule has 9 nitrogen and oxygen atoms in total.